The van der Waals surface area contributed by atoms with Crippen LogP contribution in [0.1, 0.15) is 23.2 Å². The third-order valence-electron chi connectivity index (χ3n) is 3.53. The summed E-state index contributed by atoms with van der Waals surface area (Å²) in [4.78, 5) is 39.4. The van der Waals surface area contributed by atoms with Crippen LogP contribution < -0.4 is 10.6 Å². The lowest BCUT2D eigenvalue weighted by molar-refractivity contribution is -0.134. The van der Waals surface area contributed by atoms with E-state index in [0.717, 1.165) is 0 Å². The number of hydrogen-bond donors (Lipinski definition) is 2. The van der Waals surface area contributed by atoms with E-state index >= 15 is 0 Å². The van der Waals surface area contributed by atoms with Crippen LogP contribution in [0, 0.1) is 0 Å². The largest absolute Gasteiger partial charge is 0.340 e. The molecule has 108 valence electrons. The number of imide groups is 1. The molecular weight excluding hydrogens is 272 g/mol. The molecule has 0 spiro atoms. The zero-order chi connectivity index (χ0) is 15.0. The summed E-state index contributed by atoms with van der Waals surface area (Å²) in [6.45, 7) is 0. The van der Waals surface area contributed by atoms with Gasteiger partial charge in [-0.05, 0) is 18.6 Å². The lowest BCUT2D eigenvalue weighted by Crippen LogP contribution is -2.52. The first-order chi connectivity index (χ1) is 10.1. The molecule has 1 fully saturated rings. The molecule has 0 radical (unpaired) electrons. The molecule has 1 unspecified atom stereocenters. The maximum absolute atomic E-state index is 12.4. The van der Waals surface area contributed by atoms with E-state index in [0.29, 0.717) is 23.0 Å². The number of piperidine rings is 1. The zero-order valence-electron chi connectivity index (χ0n) is 11.4. The Kier molecular flexibility index (Phi) is 3.17. The van der Waals surface area contributed by atoms with Crippen LogP contribution in [-0.2, 0) is 16.6 Å². The van der Waals surface area contributed by atoms with Gasteiger partial charge in [-0.3, -0.25) is 19.7 Å². The number of benzene rings is 1. The Morgan fingerprint density at radius 1 is 1.43 bits per heavy atom. The average Bonchev–Trinajstić information content (AvgIpc) is 2.84. The second kappa shape index (κ2) is 5.01. The SMILES string of the molecule is Cn1cnc2cccc(C(=O)NC3CCC(=O)NC3=O)c21. The molecule has 3 amide bonds. The van der Waals surface area contributed by atoms with Crippen molar-refractivity contribution in [1.29, 1.82) is 0 Å². The number of amides is 3. The predicted molar refractivity (Wildman–Crippen MR) is 74.4 cm³/mol. The summed E-state index contributed by atoms with van der Waals surface area (Å²) < 4.78 is 1.76. The van der Waals surface area contributed by atoms with Gasteiger partial charge in [-0.25, -0.2) is 4.98 Å². The third kappa shape index (κ3) is 2.37. The molecule has 7 heteroatoms. The van der Waals surface area contributed by atoms with E-state index in [1.165, 1.54) is 0 Å². The summed E-state index contributed by atoms with van der Waals surface area (Å²) in [5.74, 6) is -1.12. The van der Waals surface area contributed by atoms with Crippen LogP contribution >= 0.6 is 0 Å². The fourth-order valence-electron chi connectivity index (χ4n) is 2.46. The van der Waals surface area contributed by atoms with Crippen molar-refractivity contribution in [3.63, 3.8) is 0 Å². The molecule has 1 saturated heterocycles. The van der Waals surface area contributed by atoms with Gasteiger partial charge >= 0.3 is 0 Å². The smallest absolute Gasteiger partial charge is 0.254 e. The van der Waals surface area contributed by atoms with Crippen LogP contribution in [0.25, 0.3) is 11.0 Å². The Balaban J connectivity index is 1.86. The van der Waals surface area contributed by atoms with Crippen molar-refractivity contribution in [2.75, 3.05) is 0 Å². The molecule has 7 nitrogen and oxygen atoms in total. The molecule has 1 aliphatic heterocycles. The molecule has 0 bridgehead atoms. The summed E-state index contributed by atoms with van der Waals surface area (Å²) in [5.41, 5.74) is 1.88. The lowest BCUT2D eigenvalue weighted by Gasteiger charge is -2.22. The molecule has 1 aliphatic rings. The molecule has 3 rings (SSSR count). The number of para-hydroxylation sites is 1. The first kappa shape index (κ1) is 13.3. The molecule has 1 aromatic carbocycles. The molecule has 1 atom stereocenters. The van der Waals surface area contributed by atoms with E-state index in [9.17, 15) is 14.4 Å². The van der Waals surface area contributed by atoms with Crippen LogP contribution in [0.3, 0.4) is 0 Å². The van der Waals surface area contributed by atoms with Crippen LogP contribution in [0.5, 0.6) is 0 Å². The molecule has 0 aliphatic carbocycles. The quantitative estimate of drug-likeness (QED) is 0.766. The molecule has 1 aromatic heterocycles. The van der Waals surface area contributed by atoms with Gasteiger partial charge in [-0.1, -0.05) is 6.07 Å². The molecule has 2 heterocycles. The minimum Gasteiger partial charge on any atom is -0.340 e. The molecular formula is C14H14N4O3. The monoisotopic (exact) mass is 286 g/mol. The van der Waals surface area contributed by atoms with Crippen LogP contribution in [0.2, 0.25) is 0 Å². The van der Waals surface area contributed by atoms with Gasteiger partial charge in [-0.15, -0.1) is 0 Å². The number of carbonyl (C=O) groups is 3. The van der Waals surface area contributed by atoms with Crippen LogP contribution in [-0.4, -0.2) is 33.3 Å². The van der Waals surface area contributed by atoms with Crippen molar-refractivity contribution >= 4 is 28.8 Å². The summed E-state index contributed by atoms with van der Waals surface area (Å²) in [5, 5.41) is 4.89. The number of hydrogen-bond acceptors (Lipinski definition) is 4. The minimum atomic E-state index is -0.682. The Hall–Kier alpha value is -2.70. The van der Waals surface area contributed by atoms with Crippen molar-refractivity contribution in [3.05, 3.63) is 30.1 Å². The summed E-state index contributed by atoms with van der Waals surface area (Å²) in [7, 11) is 1.80. The van der Waals surface area contributed by atoms with E-state index in [2.05, 4.69) is 15.6 Å². The van der Waals surface area contributed by atoms with Gasteiger partial charge in [0.1, 0.15) is 6.04 Å². The molecule has 2 N–H and O–H groups in total. The second-order valence-corrected chi connectivity index (χ2v) is 5.01. The lowest BCUT2D eigenvalue weighted by atomic mass is 10.1. The summed E-state index contributed by atoms with van der Waals surface area (Å²) >= 11 is 0. The third-order valence-corrected chi connectivity index (χ3v) is 3.53. The Morgan fingerprint density at radius 2 is 2.24 bits per heavy atom. The van der Waals surface area contributed by atoms with Crippen molar-refractivity contribution < 1.29 is 14.4 Å². The van der Waals surface area contributed by atoms with Gasteiger partial charge in [0.2, 0.25) is 11.8 Å². The number of nitrogens with zero attached hydrogens (tertiary/aromatic N) is 2. The maximum atomic E-state index is 12.4. The highest BCUT2D eigenvalue weighted by atomic mass is 16.2. The predicted octanol–water partition coefficient (Wildman–Crippen LogP) is 0.108. The van der Waals surface area contributed by atoms with Gasteiger partial charge in [0, 0.05) is 13.5 Å². The van der Waals surface area contributed by atoms with Gasteiger partial charge in [0.15, 0.2) is 0 Å². The van der Waals surface area contributed by atoms with E-state index in [1.54, 1.807) is 30.1 Å². The van der Waals surface area contributed by atoms with E-state index in [4.69, 9.17) is 0 Å². The maximum Gasteiger partial charge on any atom is 0.254 e. The van der Waals surface area contributed by atoms with Crippen molar-refractivity contribution in [2.45, 2.75) is 18.9 Å². The fourth-order valence-corrected chi connectivity index (χ4v) is 2.46. The number of carbonyl (C=O) groups excluding carboxylic acids is 3. The minimum absolute atomic E-state index is 0.229. The first-order valence-corrected chi connectivity index (χ1v) is 6.61. The number of nitrogens with one attached hydrogen (secondary N) is 2. The van der Waals surface area contributed by atoms with Crippen molar-refractivity contribution in [3.8, 4) is 0 Å². The van der Waals surface area contributed by atoms with Gasteiger partial charge in [0.25, 0.3) is 5.91 Å². The van der Waals surface area contributed by atoms with E-state index in [-0.39, 0.29) is 18.2 Å². The van der Waals surface area contributed by atoms with Crippen molar-refractivity contribution in [1.82, 2.24) is 20.2 Å². The highest BCUT2D eigenvalue weighted by Gasteiger charge is 2.28. The number of fused-ring (bicyclic) bond motifs is 1. The van der Waals surface area contributed by atoms with E-state index in [1.807, 2.05) is 6.07 Å². The first-order valence-electron chi connectivity index (χ1n) is 6.61. The number of imidazole rings is 1. The van der Waals surface area contributed by atoms with Crippen molar-refractivity contribution in [2.24, 2.45) is 7.05 Å². The van der Waals surface area contributed by atoms with Crippen LogP contribution in [0.4, 0.5) is 0 Å². The zero-order valence-corrected chi connectivity index (χ0v) is 11.4. The molecule has 0 saturated carbocycles. The normalized spacial score (nSPS) is 18.6. The highest BCUT2D eigenvalue weighted by Crippen LogP contribution is 2.17. The number of aryl methyl sites for hydroxylation is 1. The van der Waals surface area contributed by atoms with Gasteiger partial charge in [0.05, 0.1) is 22.9 Å². The number of aromatic nitrogens is 2. The van der Waals surface area contributed by atoms with Gasteiger partial charge in [-0.2, -0.15) is 0 Å². The standard InChI is InChI=1S/C14H14N4O3/c1-18-7-15-9-4-2-3-8(12(9)18)13(20)16-10-5-6-11(19)17-14(10)21/h2-4,7,10H,5-6H2,1H3,(H,16,20)(H,17,19,21). The van der Waals surface area contributed by atoms with Crippen LogP contribution in [0.15, 0.2) is 24.5 Å². The highest BCUT2D eigenvalue weighted by molar-refractivity contribution is 6.08. The van der Waals surface area contributed by atoms with Gasteiger partial charge < -0.3 is 9.88 Å². The molecule has 21 heavy (non-hydrogen) atoms. The topological polar surface area (TPSA) is 93.1 Å². The summed E-state index contributed by atoms with van der Waals surface area (Å²) in [6.07, 6.45) is 2.18. The second-order valence-electron chi connectivity index (χ2n) is 5.01. The Morgan fingerprint density at radius 3 is 3.00 bits per heavy atom. The average molecular weight is 286 g/mol. The Labute approximate surface area is 120 Å². The number of rotatable bonds is 2. The van der Waals surface area contributed by atoms with E-state index < -0.39 is 11.9 Å². The Bertz CT molecular complexity index is 750. The molecule has 2 aromatic rings. The fraction of sp³-hybridized carbons (Fsp3) is 0.286. The summed E-state index contributed by atoms with van der Waals surface area (Å²) in [6, 6.07) is 4.57.